The van der Waals surface area contributed by atoms with E-state index in [-0.39, 0.29) is 24.2 Å². The Balaban J connectivity index is 0.00000176. The smallest absolute Gasteiger partial charge is 0.391 e. The normalized spacial score (nSPS) is 13.6. The van der Waals surface area contributed by atoms with E-state index < -0.39 is 11.8 Å². The number of benzene rings is 2. The summed E-state index contributed by atoms with van der Waals surface area (Å²) in [6.45, 7) is 4.10. The van der Waals surface area contributed by atoms with E-state index in [2.05, 4.69) is 41.4 Å². The van der Waals surface area contributed by atoms with Crippen LogP contribution < -0.4 is 11.5 Å². The summed E-state index contributed by atoms with van der Waals surface area (Å²) in [6.07, 6.45) is 0. The van der Waals surface area contributed by atoms with Crippen molar-refractivity contribution in [2.24, 2.45) is 5.73 Å². The number of nitrogens with one attached hydrogen (secondary N) is 1. The topological polar surface area (TPSA) is 84.9 Å². The summed E-state index contributed by atoms with van der Waals surface area (Å²) in [4.78, 5) is 11.1. The molecule has 0 radical (unpaired) electrons. The number of nitrogens with two attached hydrogens (primary N) is 1. The molecule has 0 bridgehead atoms. The lowest BCUT2D eigenvalue weighted by atomic mass is 9.88. The molecule has 2 aromatic carbocycles. The lowest BCUT2D eigenvalue weighted by Gasteiger charge is -2.20. The largest absolute Gasteiger partial charge is 0.434 e. The molecule has 0 aliphatic carbocycles. The molecule has 0 saturated heterocycles. The number of hydrogen-bond acceptors (Lipinski definition) is 4. The highest BCUT2D eigenvalue weighted by atomic mass is 35.5. The second-order valence-electron chi connectivity index (χ2n) is 5.29. The second-order valence-corrected chi connectivity index (χ2v) is 5.29. The van der Waals surface area contributed by atoms with Gasteiger partial charge in [0.05, 0.1) is 6.04 Å². The van der Waals surface area contributed by atoms with Crippen LogP contribution in [0.3, 0.4) is 0 Å². The number of aromatic nitrogens is 2. The Bertz CT molecular complexity index is 835. The van der Waals surface area contributed by atoms with Crippen molar-refractivity contribution in [2.45, 2.75) is 25.8 Å². The maximum Gasteiger partial charge on any atom is 0.434 e. The van der Waals surface area contributed by atoms with Crippen LogP contribution in [0.4, 0.5) is 0 Å². The van der Waals surface area contributed by atoms with Crippen LogP contribution in [0.25, 0.3) is 10.8 Å². The Morgan fingerprint density at radius 1 is 1.23 bits per heavy atom. The molecule has 3 aromatic rings. The van der Waals surface area contributed by atoms with Crippen LogP contribution in [-0.2, 0) is 0 Å². The molecule has 2 atom stereocenters. The number of aromatic amines is 1. The van der Waals surface area contributed by atoms with Crippen molar-refractivity contribution < 1.29 is 4.42 Å². The molecule has 0 aliphatic rings. The van der Waals surface area contributed by atoms with Crippen LogP contribution in [0.2, 0.25) is 0 Å². The summed E-state index contributed by atoms with van der Waals surface area (Å²) in [5.74, 6) is -0.374. The average molecular weight is 320 g/mol. The van der Waals surface area contributed by atoms with E-state index in [0.717, 1.165) is 5.56 Å². The number of halogens is 1. The highest BCUT2D eigenvalue weighted by Gasteiger charge is 2.23. The fourth-order valence-corrected chi connectivity index (χ4v) is 2.73. The average Bonchev–Trinajstić information content (AvgIpc) is 2.92. The van der Waals surface area contributed by atoms with Crippen LogP contribution in [0, 0.1) is 6.92 Å². The monoisotopic (exact) mass is 319 g/mol. The zero-order chi connectivity index (χ0) is 15.0. The standard InChI is InChI=1S/C16H17N3O2.ClH/c1-9-5-3-6-11-7-4-8-12(13(9)11)10(2)14(17)15-18-19-16(20)21-15;/h3-8,10,14H,17H2,1-2H3,(H,19,20);1H/t10-,14+;/m1./s1. The molecule has 6 heteroatoms. The van der Waals surface area contributed by atoms with Gasteiger partial charge in [-0.15, -0.1) is 17.5 Å². The van der Waals surface area contributed by atoms with Gasteiger partial charge in [0, 0.05) is 5.92 Å². The summed E-state index contributed by atoms with van der Waals surface area (Å²) in [5, 5.41) is 8.46. The number of rotatable bonds is 3. The van der Waals surface area contributed by atoms with Gasteiger partial charge in [-0.3, -0.25) is 0 Å². The molecule has 0 unspecified atom stereocenters. The fourth-order valence-electron chi connectivity index (χ4n) is 2.73. The molecular weight excluding hydrogens is 302 g/mol. The van der Waals surface area contributed by atoms with E-state index in [9.17, 15) is 4.79 Å². The summed E-state index contributed by atoms with van der Waals surface area (Å²) < 4.78 is 4.98. The predicted octanol–water partition coefficient (Wildman–Crippen LogP) is 3.05. The Hall–Kier alpha value is -2.11. The number of H-pyrrole nitrogens is 1. The van der Waals surface area contributed by atoms with E-state index in [1.165, 1.54) is 16.3 Å². The quantitative estimate of drug-likeness (QED) is 0.777. The number of hydrogen-bond donors (Lipinski definition) is 2. The summed E-state index contributed by atoms with van der Waals surface area (Å²) in [7, 11) is 0. The third-order valence-corrected chi connectivity index (χ3v) is 3.91. The third kappa shape index (κ3) is 2.77. The highest BCUT2D eigenvalue weighted by Crippen LogP contribution is 2.33. The first-order valence-corrected chi connectivity index (χ1v) is 6.87. The lowest BCUT2D eigenvalue weighted by Crippen LogP contribution is -2.18. The number of aryl methyl sites for hydroxylation is 1. The minimum atomic E-state index is -0.582. The van der Waals surface area contributed by atoms with E-state index >= 15 is 0 Å². The maximum absolute atomic E-state index is 11.1. The van der Waals surface area contributed by atoms with Crippen molar-refractivity contribution in [3.63, 3.8) is 0 Å². The minimum absolute atomic E-state index is 0. The van der Waals surface area contributed by atoms with E-state index in [1.54, 1.807) is 0 Å². The summed E-state index contributed by atoms with van der Waals surface area (Å²) in [5.41, 5.74) is 8.54. The molecule has 22 heavy (non-hydrogen) atoms. The molecule has 1 aromatic heterocycles. The molecule has 1 heterocycles. The van der Waals surface area contributed by atoms with Crippen molar-refractivity contribution >= 4 is 23.2 Å². The van der Waals surface area contributed by atoms with Crippen molar-refractivity contribution in [3.05, 3.63) is 64.0 Å². The van der Waals surface area contributed by atoms with Crippen LogP contribution in [0.1, 0.15) is 35.9 Å². The molecule has 0 saturated carbocycles. The van der Waals surface area contributed by atoms with Gasteiger partial charge in [-0.25, -0.2) is 9.89 Å². The van der Waals surface area contributed by atoms with E-state index in [1.807, 2.05) is 19.1 Å². The lowest BCUT2D eigenvalue weighted by molar-refractivity contribution is 0.402. The highest BCUT2D eigenvalue weighted by molar-refractivity contribution is 5.89. The van der Waals surface area contributed by atoms with Crippen molar-refractivity contribution in [3.8, 4) is 0 Å². The molecule has 0 aliphatic heterocycles. The van der Waals surface area contributed by atoms with Gasteiger partial charge in [-0.05, 0) is 28.8 Å². The van der Waals surface area contributed by atoms with Gasteiger partial charge in [-0.1, -0.05) is 43.3 Å². The Labute approximate surface area is 133 Å². The fraction of sp³-hybridized carbons (Fsp3) is 0.250. The van der Waals surface area contributed by atoms with E-state index in [4.69, 9.17) is 10.2 Å². The minimum Gasteiger partial charge on any atom is -0.391 e. The number of nitrogens with zero attached hydrogens (tertiary/aromatic N) is 1. The van der Waals surface area contributed by atoms with Gasteiger partial charge >= 0.3 is 5.76 Å². The maximum atomic E-state index is 11.1. The van der Waals surface area contributed by atoms with Crippen LogP contribution in [-0.4, -0.2) is 10.2 Å². The Morgan fingerprint density at radius 2 is 1.91 bits per heavy atom. The van der Waals surface area contributed by atoms with Gasteiger partial charge in [-0.2, -0.15) is 0 Å². The van der Waals surface area contributed by atoms with Crippen LogP contribution in [0.5, 0.6) is 0 Å². The zero-order valence-electron chi connectivity index (χ0n) is 12.4. The Morgan fingerprint density at radius 3 is 2.55 bits per heavy atom. The van der Waals surface area contributed by atoms with Gasteiger partial charge in [0.25, 0.3) is 0 Å². The molecule has 5 nitrogen and oxygen atoms in total. The predicted molar refractivity (Wildman–Crippen MR) is 88.4 cm³/mol. The van der Waals surface area contributed by atoms with Crippen molar-refractivity contribution in [1.29, 1.82) is 0 Å². The second kappa shape index (κ2) is 6.34. The van der Waals surface area contributed by atoms with Crippen LogP contribution in [0.15, 0.2) is 45.6 Å². The number of fused-ring (bicyclic) bond motifs is 1. The van der Waals surface area contributed by atoms with Gasteiger partial charge < -0.3 is 10.2 Å². The first-order valence-electron chi connectivity index (χ1n) is 6.87. The van der Waals surface area contributed by atoms with Crippen molar-refractivity contribution in [1.82, 2.24) is 10.2 Å². The molecular formula is C16H18ClN3O2. The molecule has 3 rings (SSSR count). The molecule has 116 valence electrons. The van der Waals surface area contributed by atoms with Gasteiger partial charge in [0.15, 0.2) is 0 Å². The molecule has 0 amide bonds. The Kier molecular flexibility index (Phi) is 4.68. The van der Waals surface area contributed by atoms with E-state index in [0.29, 0.717) is 0 Å². The zero-order valence-corrected chi connectivity index (χ0v) is 13.2. The SMILES string of the molecule is Cc1cccc2cccc([C@@H](C)[C@H](N)c3n[nH]c(=O)o3)c12.Cl. The molecule has 0 fully saturated rings. The molecule has 0 spiro atoms. The van der Waals surface area contributed by atoms with Crippen LogP contribution >= 0.6 is 12.4 Å². The first kappa shape index (κ1) is 16.3. The molecule has 3 N–H and O–H groups in total. The summed E-state index contributed by atoms with van der Waals surface area (Å²) >= 11 is 0. The summed E-state index contributed by atoms with van der Waals surface area (Å²) in [6, 6.07) is 11.9. The van der Waals surface area contributed by atoms with Gasteiger partial charge in [0.1, 0.15) is 0 Å². The first-order chi connectivity index (χ1) is 10.1. The van der Waals surface area contributed by atoms with Gasteiger partial charge in [0.2, 0.25) is 5.89 Å². The third-order valence-electron chi connectivity index (χ3n) is 3.91. The van der Waals surface area contributed by atoms with Crippen molar-refractivity contribution in [2.75, 3.05) is 0 Å².